The van der Waals surface area contributed by atoms with Crippen molar-refractivity contribution in [1.82, 2.24) is 14.5 Å². The molecular formula is C36H39F4N5O2S. The predicted octanol–water partition coefficient (Wildman–Crippen LogP) is 7.99. The zero-order chi connectivity index (χ0) is 34.2. The van der Waals surface area contributed by atoms with Crippen molar-refractivity contribution in [2.75, 3.05) is 29.8 Å². The second-order valence-corrected chi connectivity index (χ2v) is 14.1. The molecule has 1 saturated carbocycles. The number of benzene rings is 3. The first kappa shape index (κ1) is 34.0. The van der Waals surface area contributed by atoms with Gasteiger partial charge in [-0.25, -0.2) is 9.37 Å². The van der Waals surface area contributed by atoms with E-state index < -0.39 is 35.3 Å². The van der Waals surface area contributed by atoms with Crippen LogP contribution >= 0.6 is 11.9 Å². The molecule has 2 heterocycles. The van der Waals surface area contributed by atoms with Crippen molar-refractivity contribution in [2.45, 2.75) is 62.1 Å². The van der Waals surface area contributed by atoms with Gasteiger partial charge >= 0.3 is 6.18 Å². The molecule has 0 spiro atoms. The number of fused-ring (bicyclic) bond motifs is 1. The number of nitrogens with zero attached hydrogens (tertiary/aromatic N) is 4. The molecular weight excluding hydrogens is 642 g/mol. The van der Waals surface area contributed by atoms with E-state index in [1.54, 1.807) is 11.9 Å². The van der Waals surface area contributed by atoms with E-state index in [0.29, 0.717) is 18.9 Å². The fourth-order valence-electron chi connectivity index (χ4n) is 7.21. The van der Waals surface area contributed by atoms with Crippen molar-refractivity contribution in [1.29, 1.82) is 0 Å². The molecule has 3 aromatic carbocycles. The minimum absolute atomic E-state index is 0.0303. The minimum atomic E-state index is -4.71. The molecule has 1 saturated heterocycles. The lowest BCUT2D eigenvalue weighted by atomic mass is 9.67. The van der Waals surface area contributed by atoms with Crippen molar-refractivity contribution in [3.05, 3.63) is 83.4 Å². The summed E-state index contributed by atoms with van der Waals surface area (Å²) in [5, 5.41) is 2.51. The summed E-state index contributed by atoms with van der Waals surface area (Å²) in [5.41, 5.74) is 2.42. The summed E-state index contributed by atoms with van der Waals surface area (Å²) in [4.78, 5) is 34.5. The van der Waals surface area contributed by atoms with E-state index in [4.69, 9.17) is 0 Å². The number of hydrogen-bond acceptors (Lipinski definition) is 6. The fraction of sp³-hybridized carbons (Fsp3) is 0.417. The lowest BCUT2D eigenvalue weighted by molar-refractivity contribution is -0.137. The summed E-state index contributed by atoms with van der Waals surface area (Å²) >= 11 is 1.58. The van der Waals surface area contributed by atoms with Crippen LogP contribution in [0, 0.1) is 24.6 Å². The van der Waals surface area contributed by atoms with Crippen LogP contribution in [0.25, 0.3) is 11.0 Å². The molecule has 4 atom stereocenters. The first-order chi connectivity index (χ1) is 22.9. The maximum absolute atomic E-state index is 14.7. The van der Waals surface area contributed by atoms with Gasteiger partial charge in [0, 0.05) is 42.6 Å². The number of likely N-dealkylation sites (tertiary alicyclic amines) is 1. The Morgan fingerprint density at radius 1 is 1.02 bits per heavy atom. The first-order valence-corrected chi connectivity index (χ1v) is 17.0. The van der Waals surface area contributed by atoms with Crippen molar-refractivity contribution in [3.8, 4) is 0 Å². The van der Waals surface area contributed by atoms with Gasteiger partial charge in [0.15, 0.2) is 0 Å². The minimum Gasteiger partial charge on any atom is -0.331 e. The fourth-order valence-corrected chi connectivity index (χ4v) is 8.04. The second kappa shape index (κ2) is 13.9. The third-order valence-corrected chi connectivity index (χ3v) is 10.9. The van der Waals surface area contributed by atoms with Crippen LogP contribution < -0.4 is 9.62 Å². The molecule has 48 heavy (non-hydrogen) atoms. The molecule has 6 rings (SSSR count). The highest BCUT2D eigenvalue weighted by atomic mass is 32.2. The summed E-state index contributed by atoms with van der Waals surface area (Å²) in [6, 6.07) is 16.3. The number of piperidine rings is 1. The van der Waals surface area contributed by atoms with Crippen molar-refractivity contribution in [2.24, 2.45) is 18.9 Å². The number of aryl methyl sites for hydroxylation is 2. The SMILES string of the molecule is Cc1nc2cc(SN(C)c3ccc([C@@H]4CC(N5CCCCC5)C[C@H](C(=O)Nc5ccc(C(F)(F)F)cc5F)C4C=O)cc3)ccc2n1C. The molecule has 12 heteroatoms. The van der Waals surface area contributed by atoms with Crippen LogP contribution in [0.15, 0.2) is 65.6 Å². The molecule has 2 unspecified atom stereocenters. The summed E-state index contributed by atoms with van der Waals surface area (Å²) in [6.07, 6.45) is 0.453. The number of aldehydes is 1. The number of carbonyl (C=O) groups excluding carboxylic acids is 2. The third-order valence-electron chi connectivity index (χ3n) is 9.94. The van der Waals surface area contributed by atoms with Crippen molar-refractivity contribution < 1.29 is 27.2 Å². The molecule has 7 nitrogen and oxygen atoms in total. The van der Waals surface area contributed by atoms with Crippen LogP contribution in [0.2, 0.25) is 0 Å². The van der Waals surface area contributed by atoms with E-state index in [9.17, 15) is 27.2 Å². The van der Waals surface area contributed by atoms with Gasteiger partial charge in [0.1, 0.15) is 17.9 Å². The average molecular weight is 682 g/mol. The van der Waals surface area contributed by atoms with Crippen LogP contribution in [0.1, 0.15) is 55.0 Å². The Morgan fingerprint density at radius 2 is 1.75 bits per heavy atom. The smallest absolute Gasteiger partial charge is 0.331 e. The maximum atomic E-state index is 14.7. The largest absolute Gasteiger partial charge is 0.416 e. The van der Waals surface area contributed by atoms with Gasteiger partial charge in [0.2, 0.25) is 5.91 Å². The maximum Gasteiger partial charge on any atom is 0.416 e. The Balaban J connectivity index is 1.22. The Bertz CT molecular complexity index is 1790. The molecule has 0 radical (unpaired) electrons. The number of hydrogen-bond donors (Lipinski definition) is 1. The molecule has 254 valence electrons. The number of rotatable bonds is 8. The van der Waals surface area contributed by atoms with E-state index >= 15 is 0 Å². The van der Waals surface area contributed by atoms with E-state index in [0.717, 1.165) is 83.8 Å². The Morgan fingerprint density at radius 3 is 2.42 bits per heavy atom. The predicted molar refractivity (Wildman–Crippen MR) is 180 cm³/mol. The van der Waals surface area contributed by atoms with Gasteiger partial charge in [-0.2, -0.15) is 13.2 Å². The van der Waals surface area contributed by atoms with Crippen LogP contribution in [-0.2, 0) is 22.8 Å². The van der Waals surface area contributed by atoms with E-state index in [-0.39, 0.29) is 17.6 Å². The molecule has 1 aromatic heterocycles. The number of aromatic nitrogens is 2. The van der Waals surface area contributed by atoms with Crippen LogP contribution in [0.5, 0.6) is 0 Å². The summed E-state index contributed by atoms with van der Waals surface area (Å²) in [5.74, 6) is -2.52. The quantitative estimate of drug-likeness (QED) is 0.116. The van der Waals surface area contributed by atoms with Gasteiger partial charge in [0.05, 0.1) is 22.3 Å². The lowest BCUT2D eigenvalue weighted by Crippen LogP contribution is -2.49. The highest BCUT2D eigenvalue weighted by Gasteiger charge is 2.44. The Hall–Kier alpha value is -3.90. The zero-order valence-electron chi connectivity index (χ0n) is 27.1. The van der Waals surface area contributed by atoms with E-state index in [1.807, 2.05) is 45.3 Å². The first-order valence-electron chi connectivity index (χ1n) is 16.2. The summed E-state index contributed by atoms with van der Waals surface area (Å²) in [7, 11) is 3.98. The number of halogens is 4. The molecule has 1 aliphatic heterocycles. The number of carbonyl (C=O) groups is 2. The number of anilines is 2. The highest BCUT2D eigenvalue weighted by molar-refractivity contribution is 8.00. The highest BCUT2D eigenvalue weighted by Crippen LogP contribution is 2.44. The monoisotopic (exact) mass is 681 g/mol. The van der Waals surface area contributed by atoms with Crippen LogP contribution in [0.3, 0.4) is 0 Å². The Labute approximate surface area is 281 Å². The van der Waals surface area contributed by atoms with E-state index in [2.05, 4.69) is 42.3 Å². The van der Waals surface area contributed by atoms with Gasteiger partial charge in [-0.05, 0) is 118 Å². The Kier molecular flexibility index (Phi) is 9.85. The number of alkyl halides is 3. The van der Waals surface area contributed by atoms with Gasteiger partial charge in [-0.3, -0.25) is 4.79 Å². The second-order valence-electron chi connectivity index (χ2n) is 12.9. The molecule has 1 N–H and O–H groups in total. The standard InChI is InChI=1S/C36H39F4N5O2S/c1-22-41-33-20-27(12-14-34(33)43(22)2)48-44(3)25-10-7-23(8-11-25)28-18-26(45-15-5-4-6-16-45)19-29(30(28)21-46)35(47)42-32-13-9-24(17-31(32)37)36(38,39)40/h7-14,17,20-21,26,28-30H,4-6,15-16,18-19H2,1-3H3,(H,42,47)/t26?,28-,29-,30?/m0/s1. The van der Waals surface area contributed by atoms with Crippen molar-refractivity contribution in [3.63, 3.8) is 0 Å². The molecule has 1 aliphatic carbocycles. The molecule has 0 bridgehead atoms. The van der Waals surface area contributed by atoms with Gasteiger partial charge in [-0.15, -0.1) is 0 Å². The molecule has 4 aromatic rings. The average Bonchev–Trinajstić information content (AvgIpc) is 3.36. The van der Waals surface area contributed by atoms with Gasteiger partial charge < -0.3 is 23.9 Å². The number of nitrogens with one attached hydrogen (secondary N) is 1. The zero-order valence-corrected chi connectivity index (χ0v) is 28.0. The van der Waals surface area contributed by atoms with Gasteiger partial charge in [-0.1, -0.05) is 18.6 Å². The van der Waals surface area contributed by atoms with E-state index in [1.165, 1.54) is 0 Å². The molecule has 2 fully saturated rings. The van der Waals surface area contributed by atoms with Crippen LogP contribution in [0.4, 0.5) is 28.9 Å². The van der Waals surface area contributed by atoms with Gasteiger partial charge in [0.25, 0.3) is 0 Å². The van der Waals surface area contributed by atoms with Crippen LogP contribution in [-0.4, -0.2) is 52.8 Å². The van der Waals surface area contributed by atoms with Crippen molar-refractivity contribution >= 4 is 46.5 Å². The number of amides is 1. The molecule has 2 aliphatic rings. The lowest BCUT2D eigenvalue weighted by Gasteiger charge is -2.44. The topological polar surface area (TPSA) is 70.5 Å². The normalized spacial score (nSPS) is 22.1. The number of imidazole rings is 1. The summed E-state index contributed by atoms with van der Waals surface area (Å²) in [6.45, 7) is 3.77. The third kappa shape index (κ3) is 7.10. The summed E-state index contributed by atoms with van der Waals surface area (Å²) < 4.78 is 58.1. The molecule has 1 amide bonds.